The van der Waals surface area contributed by atoms with E-state index < -0.39 is 6.67 Å². The van der Waals surface area contributed by atoms with E-state index in [1.807, 2.05) is 42.5 Å². The topological polar surface area (TPSA) is 0 Å². The third kappa shape index (κ3) is 10.4. The molecule has 74 valence electrons. The van der Waals surface area contributed by atoms with Crippen LogP contribution in [0.2, 0.25) is 0 Å². The van der Waals surface area contributed by atoms with Gasteiger partial charge in [0.1, 0.15) is 6.67 Å². The van der Waals surface area contributed by atoms with Crippen molar-refractivity contribution in [3.8, 4) is 0 Å². The first kappa shape index (κ1) is 12.4. The summed E-state index contributed by atoms with van der Waals surface area (Å²) in [4.78, 5) is 0. The third-order valence-corrected chi connectivity index (χ3v) is 1.25. The van der Waals surface area contributed by atoms with Crippen molar-refractivity contribution in [2.45, 2.75) is 0 Å². The molecule has 1 heteroatoms. The van der Waals surface area contributed by atoms with Crippen LogP contribution in [0.15, 0.2) is 73.4 Å². The van der Waals surface area contributed by atoms with Gasteiger partial charge in [0.2, 0.25) is 0 Å². The quantitative estimate of drug-likeness (QED) is 0.557. The van der Waals surface area contributed by atoms with E-state index in [9.17, 15) is 4.39 Å². The van der Waals surface area contributed by atoms with Crippen molar-refractivity contribution >= 4 is 0 Å². The second-order valence-electron chi connectivity index (χ2n) is 2.36. The molecule has 0 aliphatic carbocycles. The lowest BCUT2D eigenvalue weighted by atomic mass is 10.3. The van der Waals surface area contributed by atoms with Gasteiger partial charge in [0.25, 0.3) is 0 Å². The molecular formula is C13H15F. The highest BCUT2D eigenvalue weighted by atomic mass is 19.1. The van der Waals surface area contributed by atoms with Gasteiger partial charge >= 0.3 is 0 Å². The van der Waals surface area contributed by atoms with E-state index in [1.54, 1.807) is 18.2 Å². The molecular weight excluding hydrogens is 175 g/mol. The van der Waals surface area contributed by atoms with Crippen LogP contribution in [0.1, 0.15) is 0 Å². The normalized spacial score (nSPS) is 13.2. The van der Waals surface area contributed by atoms with Gasteiger partial charge in [0.05, 0.1) is 0 Å². The molecule has 14 heavy (non-hydrogen) atoms. The molecule has 0 rings (SSSR count). The Hall–Kier alpha value is -1.63. The standard InChI is InChI=1S/C13H15F/c1-2-3-4-5-6-7-8-9-10-11-12-13-14/h2-12H,1,13H2/b4-3+,6-5+,8-7+,10-9+,12-11+. The van der Waals surface area contributed by atoms with Crippen LogP contribution in [0, 0.1) is 0 Å². The molecule has 0 fully saturated rings. The van der Waals surface area contributed by atoms with Gasteiger partial charge in [-0.2, -0.15) is 0 Å². The predicted molar refractivity (Wildman–Crippen MR) is 61.9 cm³/mol. The van der Waals surface area contributed by atoms with Gasteiger partial charge in [0.15, 0.2) is 0 Å². The Morgan fingerprint density at radius 1 is 0.714 bits per heavy atom. The summed E-state index contributed by atoms with van der Waals surface area (Å²) in [6.07, 6.45) is 19.8. The zero-order valence-electron chi connectivity index (χ0n) is 8.14. The average molecular weight is 190 g/mol. The summed E-state index contributed by atoms with van der Waals surface area (Å²) in [5.41, 5.74) is 0. The van der Waals surface area contributed by atoms with Crippen molar-refractivity contribution in [2.24, 2.45) is 0 Å². The van der Waals surface area contributed by atoms with Crippen molar-refractivity contribution in [2.75, 3.05) is 6.67 Å². The van der Waals surface area contributed by atoms with E-state index in [0.29, 0.717) is 0 Å². The number of hydrogen-bond donors (Lipinski definition) is 0. The fourth-order valence-corrected chi connectivity index (χ4v) is 0.658. The second-order valence-corrected chi connectivity index (χ2v) is 2.36. The Morgan fingerprint density at radius 3 is 1.57 bits per heavy atom. The number of rotatable bonds is 6. The number of allylic oxidation sites excluding steroid dienone is 11. The first-order valence-corrected chi connectivity index (χ1v) is 4.42. The van der Waals surface area contributed by atoms with Gasteiger partial charge in [-0.1, -0.05) is 73.4 Å². The van der Waals surface area contributed by atoms with Crippen LogP contribution >= 0.6 is 0 Å². The van der Waals surface area contributed by atoms with Gasteiger partial charge in [0, 0.05) is 0 Å². The third-order valence-electron chi connectivity index (χ3n) is 1.25. The van der Waals surface area contributed by atoms with Crippen molar-refractivity contribution in [3.63, 3.8) is 0 Å². The Morgan fingerprint density at radius 2 is 1.14 bits per heavy atom. The van der Waals surface area contributed by atoms with Crippen LogP contribution in [-0.2, 0) is 0 Å². The van der Waals surface area contributed by atoms with Gasteiger partial charge in [-0.3, -0.25) is 0 Å². The molecule has 0 N–H and O–H groups in total. The summed E-state index contributed by atoms with van der Waals surface area (Å²) in [7, 11) is 0. The summed E-state index contributed by atoms with van der Waals surface area (Å²) in [6, 6.07) is 0. The lowest BCUT2D eigenvalue weighted by molar-refractivity contribution is 0.562. The largest absolute Gasteiger partial charge is 0.247 e. The predicted octanol–water partition coefficient (Wildman–Crippen LogP) is 3.92. The molecule has 0 aliphatic rings. The summed E-state index contributed by atoms with van der Waals surface area (Å²) < 4.78 is 11.6. The zero-order chi connectivity index (χ0) is 10.5. The fourth-order valence-electron chi connectivity index (χ4n) is 0.658. The molecule has 0 atom stereocenters. The van der Waals surface area contributed by atoms with E-state index in [-0.39, 0.29) is 0 Å². The molecule has 0 radical (unpaired) electrons. The molecule has 0 aromatic carbocycles. The maximum Gasteiger partial charge on any atom is 0.108 e. The maximum atomic E-state index is 11.6. The minimum atomic E-state index is -0.416. The van der Waals surface area contributed by atoms with Crippen LogP contribution in [0.25, 0.3) is 0 Å². The van der Waals surface area contributed by atoms with E-state index in [0.717, 1.165) is 0 Å². The first-order valence-electron chi connectivity index (χ1n) is 4.42. The van der Waals surface area contributed by atoms with E-state index in [4.69, 9.17) is 0 Å². The molecule has 0 saturated carbocycles. The summed E-state index contributed by atoms with van der Waals surface area (Å²) in [5, 5.41) is 0. The van der Waals surface area contributed by atoms with Gasteiger partial charge in [-0.05, 0) is 0 Å². The average Bonchev–Trinajstić information content (AvgIpc) is 2.21. The monoisotopic (exact) mass is 190 g/mol. The highest BCUT2D eigenvalue weighted by molar-refractivity contribution is 5.18. The number of alkyl halides is 1. The smallest absolute Gasteiger partial charge is 0.108 e. The van der Waals surface area contributed by atoms with E-state index in [2.05, 4.69) is 6.58 Å². The molecule has 0 nitrogen and oxygen atoms in total. The van der Waals surface area contributed by atoms with Crippen molar-refractivity contribution in [1.82, 2.24) is 0 Å². The van der Waals surface area contributed by atoms with Crippen LogP contribution in [0.4, 0.5) is 4.39 Å². The van der Waals surface area contributed by atoms with Crippen molar-refractivity contribution in [3.05, 3.63) is 73.4 Å². The highest BCUT2D eigenvalue weighted by Crippen LogP contribution is 1.84. The Bertz CT molecular complexity index is 265. The van der Waals surface area contributed by atoms with Crippen LogP contribution in [0.3, 0.4) is 0 Å². The van der Waals surface area contributed by atoms with Gasteiger partial charge < -0.3 is 0 Å². The molecule has 0 bridgehead atoms. The van der Waals surface area contributed by atoms with E-state index >= 15 is 0 Å². The van der Waals surface area contributed by atoms with Crippen LogP contribution in [-0.4, -0.2) is 6.67 Å². The number of hydrogen-bond acceptors (Lipinski definition) is 0. The number of halogens is 1. The Balaban J connectivity index is 3.67. The molecule has 0 unspecified atom stereocenters. The van der Waals surface area contributed by atoms with Crippen LogP contribution < -0.4 is 0 Å². The van der Waals surface area contributed by atoms with Crippen molar-refractivity contribution in [1.29, 1.82) is 0 Å². The molecule has 0 aromatic heterocycles. The van der Waals surface area contributed by atoms with Crippen LogP contribution in [0.5, 0.6) is 0 Å². The lowest BCUT2D eigenvalue weighted by Gasteiger charge is -1.74. The summed E-state index contributed by atoms with van der Waals surface area (Å²) in [5.74, 6) is 0. The summed E-state index contributed by atoms with van der Waals surface area (Å²) >= 11 is 0. The molecule has 0 amide bonds. The lowest BCUT2D eigenvalue weighted by Crippen LogP contribution is -1.57. The highest BCUT2D eigenvalue weighted by Gasteiger charge is 1.64. The first-order chi connectivity index (χ1) is 6.91. The molecule has 0 spiro atoms. The minimum absolute atomic E-state index is 0.416. The van der Waals surface area contributed by atoms with Crippen molar-refractivity contribution < 1.29 is 4.39 Å². The molecule has 0 aliphatic heterocycles. The minimum Gasteiger partial charge on any atom is -0.247 e. The SMILES string of the molecule is C=C/C=C/C=C/C=C/C=C/C=C/CF. The summed E-state index contributed by atoms with van der Waals surface area (Å²) in [6.45, 7) is 3.13. The van der Waals surface area contributed by atoms with E-state index in [1.165, 1.54) is 6.08 Å². The molecule has 0 saturated heterocycles. The Labute approximate surface area is 85.1 Å². The molecule has 0 heterocycles. The fraction of sp³-hybridized carbons (Fsp3) is 0.0769. The Kier molecular flexibility index (Phi) is 10.0. The molecule has 0 aromatic rings. The van der Waals surface area contributed by atoms with Gasteiger partial charge in [-0.25, -0.2) is 4.39 Å². The van der Waals surface area contributed by atoms with Gasteiger partial charge in [-0.15, -0.1) is 0 Å². The maximum absolute atomic E-state index is 11.6. The second kappa shape index (κ2) is 11.4. The zero-order valence-corrected chi connectivity index (χ0v) is 8.14.